The van der Waals surface area contributed by atoms with Gasteiger partial charge in [-0.1, -0.05) is 114 Å². The van der Waals surface area contributed by atoms with Crippen molar-refractivity contribution in [1.29, 1.82) is 0 Å². The van der Waals surface area contributed by atoms with E-state index in [0.29, 0.717) is 0 Å². The summed E-state index contributed by atoms with van der Waals surface area (Å²) < 4.78 is 0. The first-order valence-corrected chi connectivity index (χ1v) is 11.7. The molecule has 0 aliphatic carbocycles. The number of piperidine rings is 1. The molecule has 2 aromatic carbocycles. The molecule has 2 heteroatoms. The van der Waals surface area contributed by atoms with E-state index in [0.717, 1.165) is 25.7 Å². The van der Waals surface area contributed by atoms with Crippen LogP contribution in [0, 0.1) is 11.8 Å². The summed E-state index contributed by atoms with van der Waals surface area (Å²) in [6.07, 6.45) is 7.84. The third kappa shape index (κ3) is 4.92. The maximum Gasteiger partial charge on any atom is 0.0737 e. The van der Waals surface area contributed by atoms with Crippen molar-refractivity contribution >= 4 is 0 Å². The molecule has 1 aliphatic heterocycles. The average Bonchev–Trinajstić information content (AvgIpc) is 2.76. The monoisotopic (exact) mass is 393 g/mol. The Labute approximate surface area is 177 Å². The van der Waals surface area contributed by atoms with E-state index in [1.54, 1.807) is 0 Å². The van der Waals surface area contributed by atoms with Gasteiger partial charge in [-0.2, -0.15) is 0 Å². The van der Waals surface area contributed by atoms with E-state index < -0.39 is 5.60 Å². The highest BCUT2D eigenvalue weighted by Crippen LogP contribution is 2.50. The van der Waals surface area contributed by atoms with Crippen molar-refractivity contribution in [2.45, 2.75) is 83.4 Å². The predicted octanol–water partition coefficient (Wildman–Crippen LogP) is 6.83. The van der Waals surface area contributed by atoms with Crippen molar-refractivity contribution in [1.82, 2.24) is 5.32 Å². The standard InChI is InChI=1S/C27H39NO/c1-4-6-7-14-20-27(29)21(3)25(22-16-10-8-11-17-22)28-26(24(27)15-5-2)23-18-12-9-13-19-23/h8-13,16-19,21,24-26,28-29H,4-7,14-15,20H2,1-3H3. The van der Waals surface area contributed by atoms with Crippen molar-refractivity contribution in [3.8, 4) is 0 Å². The van der Waals surface area contributed by atoms with E-state index in [1.165, 1.54) is 30.4 Å². The molecule has 5 unspecified atom stereocenters. The molecule has 1 saturated heterocycles. The fraction of sp³-hybridized carbons (Fsp3) is 0.556. The summed E-state index contributed by atoms with van der Waals surface area (Å²) in [7, 11) is 0. The molecule has 0 radical (unpaired) electrons. The Kier molecular flexibility index (Phi) is 7.91. The Balaban J connectivity index is 1.98. The Morgan fingerprint density at radius 1 is 0.793 bits per heavy atom. The van der Waals surface area contributed by atoms with Crippen LogP contribution in [0.5, 0.6) is 0 Å². The normalized spacial score (nSPS) is 29.7. The lowest BCUT2D eigenvalue weighted by atomic mass is 9.62. The number of benzene rings is 2. The molecule has 158 valence electrons. The van der Waals surface area contributed by atoms with Gasteiger partial charge in [0, 0.05) is 23.9 Å². The molecule has 2 nitrogen and oxygen atoms in total. The Morgan fingerprint density at radius 2 is 1.38 bits per heavy atom. The van der Waals surface area contributed by atoms with E-state index in [1.807, 2.05) is 0 Å². The first kappa shape index (κ1) is 22.1. The number of hydrogen-bond acceptors (Lipinski definition) is 2. The van der Waals surface area contributed by atoms with Crippen LogP contribution in [0.4, 0.5) is 0 Å². The number of hydrogen-bond donors (Lipinski definition) is 2. The highest BCUT2D eigenvalue weighted by Gasteiger charge is 2.52. The summed E-state index contributed by atoms with van der Waals surface area (Å²) in [6.45, 7) is 6.75. The minimum Gasteiger partial charge on any atom is -0.389 e. The second-order valence-corrected chi connectivity index (χ2v) is 8.93. The maximum absolute atomic E-state index is 12.3. The lowest BCUT2D eigenvalue weighted by molar-refractivity contribution is -0.126. The van der Waals surface area contributed by atoms with Crippen molar-refractivity contribution < 1.29 is 5.11 Å². The fourth-order valence-corrected chi connectivity index (χ4v) is 5.38. The van der Waals surface area contributed by atoms with Gasteiger partial charge in [-0.05, 0) is 24.0 Å². The molecule has 2 aromatic rings. The molecular formula is C27H39NO. The first-order chi connectivity index (χ1) is 14.1. The molecule has 3 rings (SSSR count). The summed E-state index contributed by atoms with van der Waals surface area (Å²) in [4.78, 5) is 0. The van der Waals surface area contributed by atoms with Gasteiger partial charge in [-0.25, -0.2) is 0 Å². The van der Waals surface area contributed by atoms with Crippen LogP contribution in [0.3, 0.4) is 0 Å². The van der Waals surface area contributed by atoms with E-state index in [4.69, 9.17) is 0 Å². The Bertz CT molecular complexity index is 716. The highest BCUT2D eigenvalue weighted by molar-refractivity contribution is 5.28. The summed E-state index contributed by atoms with van der Waals surface area (Å²) in [5.41, 5.74) is 1.92. The molecular weight excluding hydrogens is 354 g/mol. The van der Waals surface area contributed by atoms with E-state index in [2.05, 4.69) is 86.8 Å². The summed E-state index contributed by atoms with van der Waals surface area (Å²) >= 11 is 0. The lowest BCUT2D eigenvalue weighted by Gasteiger charge is -2.53. The van der Waals surface area contributed by atoms with Crippen molar-refractivity contribution in [2.75, 3.05) is 0 Å². The predicted molar refractivity (Wildman–Crippen MR) is 123 cm³/mol. The quantitative estimate of drug-likeness (QED) is 0.458. The number of rotatable bonds is 9. The topological polar surface area (TPSA) is 32.3 Å². The van der Waals surface area contributed by atoms with Gasteiger partial charge in [-0.3, -0.25) is 0 Å². The average molecular weight is 394 g/mol. The molecule has 0 saturated carbocycles. The number of nitrogens with one attached hydrogen (secondary N) is 1. The van der Waals surface area contributed by atoms with E-state index in [9.17, 15) is 5.11 Å². The molecule has 0 amide bonds. The van der Waals surface area contributed by atoms with Crippen LogP contribution in [0.25, 0.3) is 0 Å². The van der Waals surface area contributed by atoms with Gasteiger partial charge in [0.25, 0.3) is 0 Å². The van der Waals surface area contributed by atoms with Gasteiger partial charge in [0.2, 0.25) is 0 Å². The second kappa shape index (κ2) is 10.4. The minimum absolute atomic E-state index is 0.158. The zero-order valence-corrected chi connectivity index (χ0v) is 18.5. The molecule has 1 aliphatic rings. The second-order valence-electron chi connectivity index (χ2n) is 8.93. The molecule has 2 N–H and O–H groups in total. The summed E-state index contributed by atoms with van der Waals surface area (Å²) in [5.74, 6) is 0.398. The molecule has 5 atom stereocenters. The summed E-state index contributed by atoms with van der Waals surface area (Å²) in [6, 6.07) is 21.8. The van der Waals surface area contributed by atoms with Crippen LogP contribution in [0.2, 0.25) is 0 Å². The van der Waals surface area contributed by atoms with Gasteiger partial charge in [0.05, 0.1) is 5.60 Å². The van der Waals surface area contributed by atoms with Crippen molar-refractivity contribution in [3.63, 3.8) is 0 Å². The zero-order valence-electron chi connectivity index (χ0n) is 18.5. The molecule has 1 fully saturated rings. The summed E-state index contributed by atoms with van der Waals surface area (Å²) in [5, 5.41) is 16.2. The zero-order chi connectivity index (χ0) is 20.7. The SMILES string of the molecule is CCCCCCC1(O)C(C)C(c2ccccc2)NC(c2ccccc2)C1CCC. The highest BCUT2D eigenvalue weighted by atomic mass is 16.3. The van der Waals surface area contributed by atoms with Crippen LogP contribution in [-0.4, -0.2) is 10.7 Å². The number of aliphatic hydroxyl groups is 1. The van der Waals surface area contributed by atoms with Gasteiger partial charge < -0.3 is 10.4 Å². The van der Waals surface area contributed by atoms with Gasteiger partial charge in [-0.15, -0.1) is 0 Å². The molecule has 0 spiro atoms. The van der Waals surface area contributed by atoms with Crippen LogP contribution < -0.4 is 5.32 Å². The molecule has 0 aromatic heterocycles. The van der Waals surface area contributed by atoms with Gasteiger partial charge in [0.1, 0.15) is 0 Å². The maximum atomic E-state index is 12.3. The van der Waals surface area contributed by atoms with E-state index >= 15 is 0 Å². The Hall–Kier alpha value is -1.64. The minimum atomic E-state index is -0.657. The number of unbranched alkanes of at least 4 members (excludes halogenated alkanes) is 3. The van der Waals surface area contributed by atoms with Crippen molar-refractivity contribution in [3.05, 3.63) is 71.8 Å². The van der Waals surface area contributed by atoms with Crippen LogP contribution in [-0.2, 0) is 0 Å². The van der Waals surface area contributed by atoms with Crippen LogP contribution in [0.15, 0.2) is 60.7 Å². The van der Waals surface area contributed by atoms with E-state index in [-0.39, 0.29) is 23.9 Å². The first-order valence-electron chi connectivity index (χ1n) is 11.7. The fourth-order valence-electron chi connectivity index (χ4n) is 5.38. The third-order valence-electron chi connectivity index (χ3n) is 7.04. The lowest BCUT2D eigenvalue weighted by Crippen LogP contribution is -2.58. The molecule has 29 heavy (non-hydrogen) atoms. The largest absolute Gasteiger partial charge is 0.389 e. The van der Waals surface area contributed by atoms with Crippen LogP contribution in [0.1, 0.15) is 88.9 Å². The van der Waals surface area contributed by atoms with Crippen molar-refractivity contribution in [2.24, 2.45) is 11.8 Å². The smallest absolute Gasteiger partial charge is 0.0737 e. The van der Waals surface area contributed by atoms with Gasteiger partial charge in [0.15, 0.2) is 0 Å². The van der Waals surface area contributed by atoms with Gasteiger partial charge >= 0.3 is 0 Å². The molecule has 1 heterocycles. The van der Waals surface area contributed by atoms with Crippen LogP contribution >= 0.6 is 0 Å². The Morgan fingerprint density at radius 3 is 1.93 bits per heavy atom. The molecule has 0 bridgehead atoms. The third-order valence-corrected chi connectivity index (χ3v) is 7.04.